The third-order valence-corrected chi connectivity index (χ3v) is 7.77. The van der Waals surface area contributed by atoms with Gasteiger partial charge in [-0.05, 0) is 48.5 Å². The van der Waals surface area contributed by atoms with E-state index in [0.29, 0.717) is 24.5 Å². The van der Waals surface area contributed by atoms with Gasteiger partial charge in [0.15, 0.2) is 14.7 Å². The Balaban J connectivity index is 2.03. The van der Waals surface area contributed by atoms with Crippen molar-refractivity contribution < 1.29 is 17.4 Å². The molecule has 0 saturated carbocycles. The zero-order valence-electron chi connectivity index (χ0n) is 12.1. The molecule has 4 rings (SSSR count). The maximum Gasteiger partial charge on any atom is 0.186 e. The second-order valence-electron chi connectivity index (χ2n) is 5.21. The Hall–Kier alpha value is -2.05. The lowest BCUT2D eigenvalue weighted by Gasteiger charge is -2.19. The van der Waals surface area contributed by atoms with E-state index in [1.807, 2.05) is 0 Å². The molecule has 1 aliphatic heterocycles. The molecule has 0 aliphatic carbocycles. The smallest absolute Gasteiger partial charge is 0.186 e. The predicted octanol–water partition coefficient (Wildman–Crippen LogP) is 4.68. The summed E-state index contributed by atoms with van der Waals surface area (Å²) in [7, 11) is -2.35. The van der Waals surface area contributed by atoms with E-state index in [0.717, 1.165) is 0 Å². The van der Waals surface area contributed by atoms with Crippen molar-refractivity contribution in [3.63, 3.8) is 0 Å². The van der Waals surface area contributed by atoms with Gasteiger partial charge in [-0.25, -0.2) is 17.4 Å². The number of benzene rings is 3. The van der Waals surface area contributed by atoms with Gasteiger partial charge in [0.05, 0.1) is 10.8 Å². The summed E-state index contributed by atoms with van der Waals surface area (Å²) in [5.41, 5.74) is 0. The molecule has 0 unspecified atom stereocenters. The highest BCUT2D eigenvalue weighted by molar-refractivity contribution is 7.99. The van der Waals surface area contributed by atoms with Crippen LogP contribution in [0.5, 0.6) is 0 Å². The maximum absolute atomic E-state index is 13.8. The van der Waals surface area contributed by atoms with Crippen molar-refractivity contribution in [1.82, 2.24) is 0 Å². The molecule has 1 nitrogen and oxygen atoms in total. The topological polar surface area (TPSA) is 17.1 Å². The van der Waals surface area contributed by atoms with E-state index in [1.165, 1.54) is 48.5 Å². The quantitative estimate of drug-likeness (QED) is 0.449. The third kappa shape index (κ3) is 2.46. The SMILES string of the molecule is O=S1c2ccc(F)cc2[S+](c2ccc(F)cc2)c2cc(F)ccc21. The van der Waals surface area contributed by atoms with E-state index in [9.17, 15) is 17.4 Å². The number of fused-ring (bicyclic) bond motifs is 2. The van der Waals surface area contributed by atoms with Crippen LogP contribution >= 0.6 is 0 Å². The molecule has 0 amide bonds. The molecule has 0 saturated heterocycles. The Kier molecular flexibility index (Phi) is 3.73. The maximum atomic E-state index is 13.8. The fourth-order valence-electron chi connectivity index (χ4n) is 2.65. The molecule has 0 N–H and O–H groups in total. The molecule has 3 aromatic carbocycles. The van der Waals surface area contributed by atoms with Crippen molar-refractivity contribution in [3.8, 4) is 0 Å². The normalized spacial score (nSPS) is 18.8. The molecule has 120 valence electrons. The lowest BCUT2D eigenvalue weighted by molar-refractivity contribution is 0.617. The van der Waals surface area contributed by atoms with Gasteiger partial charge in [-0.1, -0.05) is 0 Å². The lowest BCUT2D eigenvalue weighted by Crippen LogP contribution is -2.17. The Morgan fingerprint density at radius 2 is 1.12 bits per heavy atom. The minimum atomic E-state index is -1.51. The molecule has 24 heavy (non-hydrogen) atoms. The van der Waals surface area contributed by atoms with Gasteiger partial charge in [0, 0.05) is 12.1 Å². The fourth-order valence-corrected chi connectivity index (χ4v) is 6.86. The Labute approximate surface area is 142 Å². The molecule has 3 aromatic rings. The van der Waals surface area contributed by atoms with Gasteiger partial charge >= 0.3 is 0 Å². The Morgan fingerprint density at radius 3 is 1.62 bits per heavy atom. The van der Waals surface area contributed by atoms with Crippen molar-refractivity contribution in [1.29, 1.82) is 0 Å². The molecule has 0 aromatic heterocycles. The molecule has 6 heteroatoms. The van der Waals surface area contributed by atoms with E-state index in [-0.39, 0.29) is 5.82 Å². The van der Waals surface area contributed by atoms with Gasteiger partial charge in [0.2, 0.25) is 0 Å². The summed E-state index contributed by atoms with van der Waals surface area (Å²) in [6.45, 7) is 0. The van der Waals surface area contributed by atoms with Crippen LogP contribution in [0.2, 0.25) is 0 Å². The highest BCUT2D eigenvalue weighted by Crippen LogP contribution is 2.43. The van der Waals surface area contributed by atoms with Crippen molar-refractivity contribution in [3.05, 3.63) is 78.1 Å². The summed E-state index contributed by atoms with van der Waals surface area (Å²) in [5, 5.41) is 0. The molecular weight excluding hydrogens is 353 g/mol. The average molecular weight is 363 g/mol. The van der Waals surface area contributed by atoms with Gasteiger partial charge in [0.25, 0.3) is 0 Å². The minimum Gasteiger partial charge on any atom is -0.249 e. The monoisotopic (exact) mass is 363 g/mol. The van der Waals surface area contributed by atoms with Gasteiger partial charge < -0.3 is 0 Å². The zero-order valence-corrected chi connectivity index (χ0v) is 13.8. The molecule has 0 atom stereocenters. The standard InChI is InChI=1S/C18H10F3OS2/c19-11-1-5-14(6-2-11)23-17-9-12(20)3-7-15(17)24(22)16-8-4-13(21)10-18(16)23/h1-10H/q+1. The average Bonchev–Trinajstić information content (AvgIpc) is 2.56. The van der Waals surface area contributed by atoms with Crippen LogP contribution in [0.15, 0.2) is 85.1 Å². The largest absolute Gasteiger partial charge is 0.249 e. The van der Waals surface area contributed by atoms with Crippen molar-refractivity contribution >= 4 is 21.7 Å². The summed E-state index contributed by atoms with van der Waals surface area (Å²) in [6, 6.07) is 14.0. The van der Waals surface area contributed by atoms with Crippen LogP contribution in [0, 0.1) is 17.5 Å². The first-order valence-electron chi connectivity index (χ1n) is 7.05. The number of hydrogen-bond donors (Lipinski definition) is 0. The van der Waals surface area contributed by atoms with E-state index in [4.69, 9.17) is 0 Å². The summed E-state index contributed by atoms with van der Waals surface area (Å²) >= 11 is 0. The van der Waals surface area contributed by atoms with Crippen LogP contribution in [0.4, 0.5) is 13.2 Å². The first-order chi connectivity index (χ1) is 11.5. The summed E-state index contributed by atoms with van der Waals surface area (Å²) in [4.78, 5) is 2.80. The van der Waals surface area contributed by atoms with E-state index >= 15 is 0 Å². The van der Waals surface area contributed by atoms with Crippen LogP contribution in [0.1, 0.15) is 0 Å². The van der Waals surface area contributed by atoms with Crippen molar-refractivity contribution in [2.45, 2.75) is 24.5 Å². The summed E-state index contributed by atoms with van der Waals surface area (Å²) in [6.07, 6.45) is 0. The Bertz CT molecular complexity index is 915. The van der Waals surface area contributed by atoms with Crippen molar-refractivity contribution in [2.75, 3.05) is 0 Å². The first-order valence-corrected chi connectivity index (χ1v) is 9.43. The van der Waals surface area contributed by atoms with E-state index in [2.05, 4.69) is 0 Å². The highest BCUT2D eigenvalue weighted by Gasteiger charge is 2.41. The van der Waals surface area contributed by atoms with Crippen LogP contribution in [0.3, 0.4) is 0 Å². The van der Waals surface area contributed by atoms with Crippen LogP contribution in [-0.4, -0.2) is 4.21 Å². The zero-order chi connectivity index (χ0) is 16.8. The first kappa shape index (κ1) is 15.5. The van der Waals surface area contributed by atoms with E-state index < -0.39 is 33.3 Å². The fraction of sp³-hybridized carbons (Fsp3) is 0. The minimum absolute atomic E-state index is 0.387. The highest BCUT2D eigenvalue weighted by atomic mass is 32.2. The second kappa shape index (κ2) is 5.79. The van der Waals surface area contributed by atoms with Crippen molar-refractivity contribution in [2.24, 2.45) is 0 Å². The molecule has 0 bridgehead atoms. The molecular formula is C18H10F3OS2+. The van der Waals surface area contributed by atoms with Gasteiger partial charge in [0.1, 0.15) is 38.1 Å². The second-order valence-corrected chi connectivity index (χ2v) is 8.59. The summed E-state index contributed by atoms with van der Waals surface area (Å²) in [5.74, 6) is -1.29. The van der Waals surface area contributed by atoms with Gasteiger partial charge in [-0.2, -0.15) is 0 Å². The van der Waals surface area contributed by atoms with Crippen LogP contribution in [0.25, 0.3) is 0 Å². The summed E-state index contributed by atoms with van der Waals surface area (Å²) < 4.78 is 53.6. The van der Waals surface area contributed by atoms with Gasteiger partial charge in [-0.3, -0.25) is 0 Å². The molecule has 1 aliphatic rings. The number of hydrogen-bond acceptors (Lipinski definition) is 1. The lowest BCUT2D eigenvalue weighted by atomic mass is 10.3. The molecule has 0 fully saturated rings. The number of rotatable bonds is 1. The van der Waals surface area contributed by atoms with Gasteiger partial charge in [-0.15, -0.1) is 0 Å². The number of halogens is 3. The Morgan fingerprint density at radius 1 is 0.667 bits per heavy atom. The van der Waals surface area contributed by atoms with E-state index in [1.54, 1.807) is 12.1 Å². The molecule has 0 spiro atoms. The molecule has 1 heterocycles. The van der Waals surface area contributed by atoms with Crippen LogP contribution in [-0.2, 0) is 21.7 Å². The third-order valence-electron chi connectivity index (χ3n) is 3.70. The van der Waals surface area contributed by atoms with Crippen LogP contribution < -0.4 is 0 Å². The molecule has 0 radical (unpaired) electrons. The predicted molar refractivity (Wildman–Crippen MR) is 86.0 cm³/mol.